The van der Waals surface area contributed by atoms with Crippen LogP contribution in [0.2, 0.25) is 0 Å². The fraction of sp³-hybridized carbons (Fsp3) is 0.545. The normalized spacial score (nSPS) is 11.5. The molecule has 184 valence electrons. The quantitative estimate of drug-likeness (QED) is 0.272. The summed E-state index contributed by atoms with van der Waals surface area (Å²) in [6.07, 6.45) is -4.93. The van der Waals surface area contributed by atoms with Crippen molar-refractivity contribution in [2.75, 3.05) is 26.4 Å². The van der Waals surface area contributed by atoms with Gasteiger partial charge in [0.15, 0.2) is 11.8 Å². The molecule has 0 aliphatic carbocycles. The number of rotatable bonds is 11. The molecule has 0 bridgehead atoms. The lowest BCUT2D eigenvalue weighted by Gasteiger charge is -2.31. The fourth-order valence-corrected chi connectivity index (χ4v) is 3.30. The number of benzene rings is 1. The molecule has 1 aromatic carbocycles. The first kappa shape index (κ1) is 27.9. The van der Waals surface area contributed by atoms with Crippen molar-refractivity contribution in [1.82, 2.24) is 0 Å². The van der Waals surface area contributed by atoms with Crippen LogP contribution in [0.5, 0.6) is 0 Å². The third-order valence-corrected chi connectivity index (χ3v) is 4.51. The van der Waals surface area contributed by atoms with Crippen LogP contribution in [0.1, 0.15) is 44.7 Å². The molecule has 11 heteroatoms. The Kier molecular flexibility index (Phi) is 10.8. The maximum absolute atomic E-state index is 13.9. The van der Waals surface area contributed by atoms with Crippen molar-refractivity contribution in [2.45, 2.75) is 39.8 Å². The topological polar surface area (TPSA) is 105 Å². The standard InChI is InChI=1S/C22H27F3O8/c1-5-30-18(26)16(19(27)31-6-2)15(13-11-9-10-12-14(13)22(23,24)25)17(20(28)32-7-3)21(29)33-8-4/h9-12,15-17H,5-8H2,1-4H3. The van der Waals surface area contributed by atoms with Gasteiger partial charge in [-0.05, 0) is 39.3 Å². The Morgan fingerprint density at radius 2 is 1.03 bits per heavy atom. The summed E-state index contributed by atoms with van der Waals surface area (Å²) in [5, 5.41) is 0. The molecule has 0 amide bonds. The van der Waals surface area contributed by atoms with Crippen LogP contribution in [0, 0.1) is 11.8 Å². The number of ether oxygens (including phenoxy) is 4. The Morgan fingerprint density at radius 1 is 0.697 bits per heavy atom. The molecule has 0 fully saturated rings. The van der Waals surface area contributed by atoms with Crippen molar-refractivity contribution in [3.8, 4) is 0 Å². The summed E-state index contributed by atoms with van der Waals surface area (Å²) in [6.45, 7) is 4.83. The third-order valence-electron chi connectivity index (χ3n) is 4.51. The second-order valence-corrected chi connectivity index (χ2v) is 6.57. The summed E-state index contributed by atoms with van der Waals surface area (Å²) in [5.74, 6) is -11.1. The summed E-state index contributed by atoms with van der Waals surface area (Å²) in [5.41, 5.74) is -1.89. The predicted molar refractivity (Wildman–Crippen MR) is 108 cm³/mol. The molecule has 0 unspecified atom stereocenters. The first-order valence-electron chi connectivity index (χ1n) is 10.4. The number of alkyl halides is 3. The Morgan fingerprint density at radius 3 is 1.33 bits per heavy atom. The Hall–Kier alpha value is -3.11. The summed E-state index contributed by atoms with van der Waals surface area (Å²) >= 11 is 0. The molecule has 0 aromatic heterocycles. The highest BCUT2D eigenvalue weighted by molar-refractivity contribution is 6.01. The fourth-order valence-electron chi connectivity index (χ4n) is 3.30. The van der Waals surface area contributed by atoms with Gasteiger partial charge in [-0.3, -0.25) is 19.2 Å². The summed E-state index contributed by atoms with van der Waals surface area (Å²) < 4.78 is 61.2. The lowest BCUT2D eigenvalue weighted by atomic mass is 9.74. The molecule has 0 radical (unpaired) electrons. The van der Waals surface area contributed by atoms with E-state index in [1.165, 1.54) is 33.8 Å². The van der Waals surface area contributed by atoms with Crippen molar-refractivity contribution in [2.24, 2.45) is 11.8 Å². The van der Waals surface area contributed by atoms with Crippen molar-refractivity contribution >= 4 is 23.9 Å². The van der Waals surface area contributed by atoms with Crippen LogP contribution in [0.3, 0.4) is 0 Å². The summed E-state index contributed by atoms with van der Waals surface area (Å²) in [6, 6.07) is 4.00. The summed E-state index contributed by atoms with van der Waals surface area (Å²) in [4.78, 5) is 51.2. The SMILES string of the molecule is CCOC(=O)C(C(=O)OCC)C(c1ccccc1C(F)(F)F)C(C(=O)OCC)C(=O)OCC. The van der Waals surface area contributed by atoms with Gasteiger partial charge < -0.3 is 18.9 Å². The largest absolute Gasteiger partial charge is 0.465 e. The molecule has 8 nitrogen and oxygen atoms in total. The highest BCUT2D eigenvalue weighted by Crippen LogP contribution is 2.42. The second kappa shape index (κ2) is 12.8. The van der Waals surface area contributed by atoms with E-state index in [2.05, 4.69) is 0 Å². The molecular weight excluding hydrogens is 449 g/mol. The molecule has 0 atom stereocenters. The van der Waals surface area contributed by atoms with Crippen LogP contribution in [-0.4, -0.2) is 50.3 Å². The lowest BCUT2D eigenvalue weighted by Crippen LogP contribution is -2.43. The molecular formula is C22H27F3O8. The minimum Gasteiger partial charge on any atom is -0.465 e. The van der Waals surface area contributed by atoms with Crippen LogP contribution in [-0.2, 0) is 44.3 Å². The number of carbonyl (C=O) groups excluding carboxylic acids is 4. The van der Waals surface area contributed by atoms with Gasteiger partial charge in [-0.25, -0.2) is 0 Å². The van der Waals surface area contributed by atoms with Gasteiger partial charge in [0.1, 0.15) is 0 Å². The molecule has 0 saturated carbocycles. The molecule has 1 rings (SSSR count). The van der Waals surface area contributed by atoms with Crippen LogP contribution in [0.25, 0.3) is 0 Å². The van der Waals surface area contributed by atoms with E-state index in [4.69, 9.17) is 18.9 Å². The van der Waals surface area contributed by atoms with Crippen LogP contribution < -0.4 is 0 Å². The van der Waals surface area contributed by atoms with Gasteiger partial charge in [0.25, 0.3) is 0 Å². The first-order chi connectivity index (χ1) is 15.5. The van der Waals surface area contributed by atoms with Crippen LogP contribution in [0.4, 0.5) is 13.2 Å². The zero-order valence-corrected chi connectivity index (χ0v) is 18.8. The van der Waals surface area contributed by atoms with E-state index in [1.54, 1.807) is 0 Å². The number of carbonyl (C=O) groups is 4. The van der Waals surface area contributed by atoms with Gasteiger partial charge in [-0.15, -0.1) is 0 Å². The Bertz CT molecular complexity index is 761. The Labute approximate surface area is 189 Å². The van der Waals surface area contributed by atoms with Gasteiger partial charge in [0.2, 0.25) is 0 Å². The summed E-state index contributed by atoms with van der Waals surface area (Å²) in [7, 11) is 0. The molecule has 33 heavy (non-hydrogen) atoms. The molecule has 1 aromatic rings. The van der Waals surface area contributed by atoms with E-state index >= 15 is 0 Å². The van der Waals surface area contributed by atoms with Gasteiger partial charge in [0.05, 0.1) is 32.0 Å². The maximum atomic E-state index is 13.9. The third kappa shape index (κ3) is 7.19. The van der Waals surface area contributed by atoms with Gasteiger partial charge in [0, 0.05) is 5.92 Å². The van der Waals surface area contributed by atoms with Gasteiger partial charge in [-0.1, -0.05) is 18.2 Å². The second-order valence-electron chi connectivity index (χ2n) is 6.57. The number of hydrogen-bond donors (Lipinski definition) is 0. The number of esters is 4. The van der Waals surface area contributed by atoms with Gasteiger partial charge in [-0.2, -0.15) is 13.2 Å². The van der Waals surface area contributed by atoms with E-state index in [0.29, 0.717) is 6.07 Å². The first-order valence-corrected chi connectivity index (χ1v) is 10.4. The Balaban J connectivity index is 3.95. The zero-order valence-electron chi connectivity index (χ0n) is 18.8. The van der Waals surface area contributed by atoms with E-state index in [9.17, 15) is 32.3 Å². The lowest BCUT2D eigenvalue weighted by molar-refractivity contribution is -0.170. The number of halogens is 3. The van der Waals surface area contributed by atoms with Crippen LogP contribution >= 0.6 is 0 Å². The van der Waals surface area contributed by atoms with E-state index < -0.39 is 58.9 Å². The van der Waals surface area contributed by atoms with Crippen molar-refractivity contribution in [1.29, 1.82) is 0 Å². The smallest absolute Gasteiger partial charge is 0.416 e. The monoisotopic (exact) mass is 476 g/mol. The average molecular weight is 476 g/mol. The minimum atomic E-state index is -4.93. The predicted octanol–water partition coefficient (Wildman–Crippen LogP) is 3.27. The van der Waals surface area contributed by atoms with Crippen molar-refractivity contribution in [3.63, 3.8) is 0 Å². The minimum absolute atomic E-state index is 0.216. The van der Waals surface area contributed by atoms with Gasteiger partial charge >= 0.3 is 30.1 Å². The highest BCUT2D eigenvalue weighted by atomic mass is 19.4. The van der Waals surface area contributed by atoms with Crippen molar-refractivity contribution < 1.29 is 51.3 Å². The van der Waals surface area contributed by atoms with E-state index in [1.807, 2.05) is 0 Å². The molecule has 0 saturated heterocycles. The van der Waals surface area contributed by atoms with E-state index in [0.717, 1.165) is 12.1 Å². The zero-order chi connectivity index (χ0) is 25.2. The van der Waals surface area contributed by atoms with Crippen molar-refractivity contribution in [3.05, 3.63) is 35.4 Å². The maximum Gasteiger partial charge on any atom is 0.416 e. The molecule has 0 aliphatic rings. The molecule has 0 aliphatic heterocycles. The number of hydrogen-bond acceptors (Lipinski definition) is 8. The van der Waals surface area contributed by atoms with E-state index in [-0.39, 0.29) is 26.4 Å². The molecule has 0 N–H and O–H groups in total. The van der Waals surface area contributed by atoms with Crippen LogP contribution in [0.15, 0.2) is 24.3 Å². The highest BCUT2D eigenvalue weighted by Gasteiger charge is 2.52. The molecule has 0 heterocycles. The molecule has 0 spiro atoms. The average Bonchev–Trinajstić information content (AvgIpc) is 2.73.